The van der Waals surface area contributed by atoms with E-state index in [1.165, 1.54) is 11.3 Å². The first-order valence-electron chi connectivity index (χ1n) is 6.07. The van der Waals surface area contributed by atoms with E-state index in [0.717, 1.165) is 24.3 Å². The van der Waals surface area contributed by atoms with Crippen LogP contribution < -0.4 is 4.72 Å². The van der Waals surface area contributed by atoms with Crippen molar-refractivity contribution in [2.75, 3.05) is 0 Å². The van der Waals surface area contributed by atoms with Crippen LogP contribution in [0.1, 0.15) is 53.5 Å². The van der Waals surface area contributed by atoms with Gasteiger partial charge in [0.2, 0.25) is 10.0 Å². The Balaban J connectivity index is 1.69. The van der Waals surface area contributed by atoms with E-state index in [0.29, 0.717) is 18.8 Å². The fourth-order valence-corrected chi connectivity index (χ4v) is 4.31. The van der Waals surface area contributed by atoms with Gasteiger partial charge in [-0.2, -0.15) is 0 Å². The van der Waals surface area contributed by atoms with Crippen LogP contribution in [0.2, 0.25) is 0 Å². The molecule has 0 aromatic carbocycles. The first-order chi connectivity index (χ1) is 8.56. The number of hydrogen-bond donors (Lipinski definition) is 1. The van der Waals surface area contributed by atoms with Gasteiger partial charge in [-0.1, -0.05) is 6.42 Å². The monoisotopic (exact) mass is 286 g/mol. The number of thiazole rings is 1. The summed E-state index contributed by atoms with van der Waals surface area (Å²) in [6, 6.07) is 0. The molecule has 3 rings (SSSR count). The van der Waals surface area contributed by atoms with E-state index in [1.54, 1.807) is 5.38 Å². The molecular formula is C11H14N2O3S2. The molecule has 2 saturated carbocycles. The highest BCUT2D eigenvalue weighted by molar-refractivity contribution is 7.90. The second-order valence-electron chi connectivity index (χ2n) is 4.87. The van der Waals surface area contributed by atoms with Gasteiger partial charge in [0, 0.05) is 11.3 Å². The Hall–Kier alpha value is -0.950. The maximum absolute atomic E-state index is 11.8. The van der Waals surface area contributed by atoms with E-state index < -0.39 is 21.2 Å². The van der Waals surface area contributed by atoms with Crippen molar-refractivity contribution < 1.29 is 13.2 Å². The number of carbonyl (C=O) groups excluding carboxylic acids is 1. The number of rotatable bonds is 4. The minimum Gasteiger partial charge on any atom is -0.266 e. The zero-order valence-electron chi connectivity index (χ0n) is 9.76. The van der Waals surface area contributed by atoms with E-state index in [1.807, 2.05) is 0 Å². The summed E-state index contributed by atoms with van der Waals surface area (Å²) in [5.74, 6) is -0.107. The molecule has 1 amide bonds. The molecule has 0 unspecified atom stereocenters. The first-order valence-corrected chi connectivity index (χ1v) is 8.50. The summed E-state index contributed by atoms with van der Waals surface area (Å²) in [5.41, 5.74) is 0.227. The third-order valence-corrected chi connectivity index (χ3v) is 6.23. The quantitative estimate of drug-likeness (QED) is 0.912. The lowest BCUT2D eigenvalue weighted by atomic mass is 10.0. The maximum atomic E-state index is 11.8. The fourth-order valence-electron chi connectivity index (χ4n) is 1.86. The third-order valence-electron chi connectivity index (χ3n) is 3.41. The fraction of sp³-hybridized carbons (Fsp3) is 0.636. The molecule has 1 N–H and O–H groups in total. The van der Waals surface area contributed by atoms with Crippen LogP contribution in [0.5, 0.6) is 0 Å². The third kappa shape index (κ3) is 2.29. The van der Waals surface area contributed by atoms with E-state index in [4.69, 9.17) is 0 Å². The maximum Gasteiger partial charge on any atom is 0.284 e. The van der Waals surface area contributed by atoms with Gasteiger partial charge in [-0.05, 0) is 25.7 Å². The Morgan fingerprint density at radius 3 is 2.61 bits per heavy atom. The van der Waals surface area contributed by atoms with Gasteiger partial charge in [0.25, 0.3) is 5.91 Å². The summed E-state index contributed by atoms with van der Waals surface area (Å²) < 4.78 is 25.7. The highest BCUT2D eigenvalue weighted by atomic mass is 32.2. The average molecular weight is 286 g/mol. The molecule has 0 radical (unpaired) electrons. The van der Waals surface area contributed by atoms with E-state index in [-0.39, 0.29) is 5.69 Å². The molecular weight excluding hydrogens is 272 g/mol. The van der Waals surface area contributed by atoms with E-state index in [2.05, 4.69) is 9.71 Å². The normalized spacial score (nSPS) is 20.4. The minimum atomic E-state index is -3.50. The number of amides is 1. The minimum absolute atomic E-state index is 0.227. The number of sulfonamides is 1. The molecule has 2 aliphatic carbocycles. The standard InChI is InChI=1S/C11H14N2O3S2/c14-10(13-18(15,16)8-2-1-3-8)9-6-17-11(12-9)7-4-5-7/h6-8H,1-5H2,(H,13,14). The Kier molecular flexibility index (Phi) is 2.90. The predicted octanol–water partition coefficient (Wildman–Crippen LogP) is 1.63. The SMILES string of the molecule is O=C(NS(=O)(=O)C1CCC1)c1csc(C2CC2)n1. The number of hydrogen-bond acceptors (Lipinski definition) is 5. The number of carbonyl (C=O) groups is 1. The van der Waals surface area contributed by atoms with Crippen LogP contribution in [-0.4, -0.2) is 24.6 Å². The summed E-state index contributed by atoms with van der Waals surface area (Å²) in [5, 5.41) is 2.18. The van der Waals surface area contributed by atoms with Gasteiger partial charge in [0.05, 0.1) is 10.3 Å². The second-order valence-corrected chi connectivity index (χ2v) is 7.72. The van der Waals surface area contributed by atoms with Crippen molar-refractivity contribution in [2.24, 2.45) is 0 Å². The van der Waals surface area contributed by atoms with Crippen LogP contribution in [0, 0.1) is 0 Å². The molecule has 2 aliphatic rings. The van der Waals surface area contributed by atoms with Gasteiger partial charge in [0.1, 0.15) is 5.69 Å². The molecule has 0 bridgehead atoms. The lowest BCUT2D eigenvalue weighted by Crippen LogP contribution is -2.41. The van der Waals surface area contributed by atoms with Gasteiger partial charge in [0.15, 0.2) is 0 Å². The van der Waals surface area contributed by atoms with Gasteiger partial charge in [-0.3, -0.25) is 4.79 Å². The molecule has 7 heteroatoms. The molecule has 1 aromatic heterocycles. The zero-order chi connectivity index (χ0) is 12.8. The van der Waals surface area contributed by atoms with Crippen LogP contribution in [0.25, 0.3) is 0 Å². The molecule has 0 aliphatic heterocycles. The molecule has 0 saturated heterocycles. The lowest BCUT2D eigenvalue weighted by molar-refractivity contribution is 0.0976. The van der Waals surface area contributed by atoms with Crippen molar-refractivity contribution in [1.29, 1.82) is 0 Å². The first kappa shape index (κ1) is 12.1. The highest BCUT2D eigenvalue weighted by Gasteiger charge is 2.33. The van der Waals surface area contributed by atoms with Crippen LogP contribution in [-0.2, 0) is 10.0 Å². The van der Waals surface area contributed by atoms with Crippen LogP contribution in [0.4, 0.5) is 0 Å². The zero-order valence-corrected chi connectivity index (χ0v) is 11.4. The summed E-state index contributed by atoms with van der Waals surface area (Å²) in [6.07, 6.45) is 4.45. The molecule has 98 valence electrons. The average Bonchev–Trinajstić information content (AvgIpc) is 2.92. The molecule has 0 atom stereocenters. The molecule has 0 spiro atoms. The Bertz CT molecular complexity index is 571. The molecule has 5 nitrogen and oxygen atoms in total. The van der Waals surface area contributed by atoms with Crippen molar-refractivity contribution in [3.63, 3.8) is 0 Å². The Labute approximate surface area is 110 Å². The van der Waals surface area contributed by atoms with Crippen molar-refractivity contribution in [2.45, 2.75) is 43.3 Å². The van der Waals surface area contributed by atoms with Crippen LogP contribution in [0.15, 0.2) is 5.38 Å². The largest absolute Gasteiger partial charge is 0.284 e. The summed E-state index contributed by atoms with van der Waals surface area (Å²) in [4.78, 5) is 16.0. The lowest BCUT2D eigenvalue weighted by Gasteiger charge is -2.24. The highest BCUT2D eigenvalue weighted by Crippen LogP contribution is 2.41. The number of aromatic nitrogens is 1. The number of nitrogens with zero attached hydrogens (tertiary/aromatic N) is 1. The van der Waals surface area contributed by atoms with Crippen molar-refractivity contribution in [3.8, 4) is 0 Å². The Morgan fingerprint density at radius 1 is 1.33 bits per heavy atom. The summed E-state index contributed by atoms with van der Waals surface area (Å²) in [6.45, 7) is 0. The number of nitrogens with one attached hydrogen (secondary N) is 1. The van der Waals surface area contributed by atoms with Crippen molar-refractivity contribution in [3.05, 3.63) is 16.1 Å². The van der Waals surface area contributed by atoms with Gasteiger partial charge < -0.3 is 0 Å². The topological polar surface area (TPSA) is 76.1 Å². The Morgan fingerprint density at radius 2 is 2.06 bits per heavy atom. The molecule has 1 aromatic rings. The van der Waals surface area contributed by atoms with E-state index >= 15 is 0 Å². The molecule has 18 heavy (non-hydrogen) atoms. The van der Waals surface area contributed by atoms with Gasteiger partial charge in [-0.15, -0.1) is 11.3 Å². The molecule has 2 fully saturated rings. The van der Waals surface area contributed by atoms with E-state index in [9.17, 15) is 13.2 Å². The van der Waals surface area contributed by atoms with Gasteiger partial charge in [-0.25, -0.2) is 18.1 Å². The summed E-state index contributed by atoms with van der Waals surface area (Å²) >= 11 is 1.44. The summed E-state index contributed by atoms with van der Waals surface area (Å²) in [7, 11) is -3.50. The smallest absolute Gasteiger partial charge is 0.266 e. The predicted molar refractivity (Wildman–Crippen MR) is 68.1 cm³/mol. The van der Waals surface area contributed by atoms with Crippen LogP contribution in [0.3, 0.4) is 0 Å². The van der Waals surface area contributed by atoms with Crippen molar-refractivity contribution >= 4 is 27.3 Å². The molecule has 1 heterocycles. The van der Waals surface area contributed by atoms with Gasteiger partial charge >= 0.3 is 0 Å². The van der Waals surface area contributed by atoms with Crippen molar-refractivity contribution in [1.82, 2.24) is 9.71 Å². The second kappa shape index (κ2) is 4.31. The van der Waals surface area contributed by atoms with Crippen LogP contribution >= 0.6 is 11.3 Å².